The molecule has 8 heteroatoms. The highest BCUT2D eigenvalue weighted by molar-refractivity contribution is 7.98. The van der Waals surface area contributed by atoms with E-state index in [2.05, 4.69) is 10.2 Å². The molecule has 0 aliphatic carbocycles. The Balaban J connectivity index is 0.00000338. The van der Waals surface area contributed by atoms with Crippen LogP contribution in [0.4, 0.5) is 4.39 Å². The maximum absolute atomic E-state index is 13.3. The first kappa shape index (κ1) is 22.5. The van der Waals surface area contributed by atoms with Gasteiger partial charge in [-0.25, -0.2) is 4.39 Å². The van der Waals surface area contributed by atoms with Crippen LogP contribution in [-0.4, -0.2) is 52.6 Å². The van der Waals surface area contributed by atoms with Crippen molar-refractivity contribution < 1.29 is 9.18 Å². The first-order valence-corrected chi connectivity index (χ1v) is 9.70. The quantitative estimate of drug-likeness (QED) is 0.678. The van der Waals surface area contributed by atoms with Crippen molar-refractivity contribution in [1.82, 2.24) is 15.1 Å². The minimum atomic E-state index is -0.427. The van der Waals surface area contributed by atoms with Crippen molar-refractivity contribution in [2.45, 2.75) is 25.3 Å². The number of amides is 1. The number of aromatic nitrogens is 2. The SMILES string of the molecule is CSCC[C@H](N)C(=O)N(C)CCCc1cc(-c2cccc(F)c2)n[nH]1.Cl. The van der Waals surface area contributed by atoms with Crippen LogP contribution in [-0.2, 0) is 11.2 Å². The molecule has 1 aromatic heterocycles. The monoisotopic (exact) mass is 400 g/mol. The molecular weight excluding hydrogens is 375 g/mol. The van der Waals surface area contributed by atoms with Crippen molar-refractivity contribution in [3.63, 3.8) is 0 Å². The minimum Gasteiger partial charge on any atom is -0.344 e. The van der Waals surface area contributed by atoms with E-state index in [0.717, 1.165) is 35.5 Å². The van der Waals surface area contributed by atoms with Gasteiger partial charge in [0.1, 0.15) is 5.82 Å². The van der Waals surface area contributed by atoms with Gasteiger partial charge in [0.05, 0.1) is 11.7 Å². The lowest BCUT2D eigenvalue weighted by Gasteiger charge is -2.21. The molecule has 2 rings (SSSR count). The van der Waals surface area contributed by atoms with Gasteiger partial charge in [0.25, 0.3) is 0 Å². The number of rotatable bonds is 9. The second-order valence-electron chi connectivity index (χ2n) is 6.04. The highest BCUT2D eigenvalue weighted by Crippen LogP contribution is 2.19. The zero-order valence-corrected chi connectivity index (χ0v) is 16.7. The summed E-state index contributed by atoms with van der Waals surface area (Å²) in [6, 6.07) is 7.85. The van der Waals surface area contributed by atoms with Crippen LogP contribution < -0.4 is 5.73 Å². The molecule has 0 bridgehead atoms. The Kier molecular flexibility index (Phi) is 9.69. The molecule has 2 aromatic rings. The van der Waals surface area contributed by atoms with E-state index in [1.807, 2.05) is 18.4 Å². The average Bonchev–Trinajstić information content (AvgIpc) is 3.07. The molecule has 0 unspecified atom stereocenters. The molecular formula is C18H26ClFN4OS. The molecule has 5 nitrogen and oxygen atoms in total. The standard InChI is InChI=1S/C18H25FN4OS.ClH/c1-23(18(24)16(20)8-10-25-2)9-4-7-15-12-17(22-21-15)13-5-3-6-14(19)11-13;/h3,5-6,11-12,16H,4,7-10,20H2,1-2H3,(H,21,22);1H/t16-;/m0./s1. The van der Waals surface area contributed by atoms with E-state index < -0.39 is 6.04 Å². The molecule has 0 fully saturated rings. The number of nitrogens with two attached hydrogens (primary N) is 1. The lowest BCUT2D eigenvalue weighted by Crippen LogP contribution is -2.42. The number of aryl methyl sites for hydroxylation is 1. The van der Waals surface area contributed by atoms with Crippen LogP contribution in [0.15, 0.2) is 30.3 Å². The summed E-state index contributed by atoms with van der Waals surface area (Å²) in [5, 5.41) is 7.20. The Labute approximate surface area is 164 Å². The Bertz CT molecular complexity index is 697. The number of carbonyl (C=O) groups is 1. The van der Waals surface area contributed by atoms with Gasteiger partial charge in [0, 0.05) is 24.8 Å². The van der Waals surface area contributed by atoms with Crippen molar-refractivity contribution in [3.8, 4) is 11.3 Å². The number of likely N-dealkylation sites (N-methyl/N-ethyl adjacent to an activating group) is 1. The fourth-order valence-electron chi connectivity index (χ4n) is 2.55. The summed E-state index contributed by atoms with van der Waals surface area (Å²) in [4.78, 5) is 13.8. The molecule has 0 aliphatic rings. The minimum absolute atomic E-state index is 0. The van der Waals surface area contributed by atoms with Crippen LogP contribution in [0.25, 0.3) is 11.3 Å². The van der Waals surface area contributed by atoms with Gasteiger partial charge in [-0.15, -0.1) is 12.4 Å². The molecule has 1 aromatic carbocycles. The number of benzene rings is 1. The summed E-state index contributed by atoms with van der Waals surface area (Å²) in [5.41, 5.74) is 8.35. The molecule has 0 saturated carbocycles. The number of hydrogen-bond donors (Lipinski definition) is 2. The molecule has 3 N–H and O–H groups in total. The van der Waals surface area contributed by atoms with Crippen molar-refractivity contribution in [2.75, 3.05) is 25.6 Å². The lowest BCUT2D eigenvalue weighted by molar-refractivity contribution is -0.131. The van der Waals surface area contributed by atoms with Crippen molar-refractivity contribution in [1.29, 1.82) is 0 Å². The topological polar surface area (TPSA) is 75.0 Å². The van der Waals surface area contributed by atoms with Gasteiger partial charge in [-0.05, 0) is 49.5 Å². The molecule has 26 heavy (non-hydrogen) atoms. The maximum atomic E-state index is 13.3. The summed E-state index contributed by atoms with van der Waals surface area (Å²) in [6.45, 7) is 0.639. The Hall–Kier alpha value is -1.57. The van der Waals surface area contributed by atoms with Gasteiger partial charge >= 0.3 is 0 Å². The summed E-state index contributed by atoms with van der Waals surface area (Å²) in [7, 11) is 1.78. The van der Waals surface area contributed by atoms with Crippen molar-refractivity contribution in [3.05, 3.63) is 41.8 Å². The van der Waals surface area contributed by atoms with Gasteiger partial charge in [-0.1, -0.05) is 12.1 Å². The van der Waals surface area contributed by atoms with Gasteiger partial charge in [-0.3, -0.25) is 9.89 Å². The van der Waals surface area contributed by atoms with Crippen LogP contribution in [0.2, 0.25) is 0 Å². The molecule has 0 radical (unpaired) electrons. The van der Waals surface area contributed by atoms with E-state index in [9.17, 15) is 9.18 Å². The summed E-state index contributed by atoms with van der Waals surface area (Å²) < 4.78 is 13.3. The van der Waals surface area contributed by atoms with Gasteiger partial charge in [0.15, 0.2) is 0 Å². The number of thioether (sulfide) groups is 1. The maximum Gasteiger partial charge on any atom is 0.239 e. The predicted molar refractivity (Wildman–Crippen MR) is 108 cm³/mol. The third-order valence-electron chi connectivity index (χ3n) is 4.02. The fraction of sp³-hybridized carbons (Fsp3) is 0.444. The van der Waals surface area contributed by atoms with Crippen molar-refractivity contribution >= 4 is 30.1 Å². The number of aromatic amines is 1. The molecule has 144 valence electrons. The largest absolute Gasteiger partial charge is 0.344 e. The van der Waals surface area contributed by atoms with E-state index in [0.29, 0.717) is 13.0 Å². The molecule has 1 atom stereocenters. The molecule has 1 heterocycles. The van der Waals surface area contributed by atoms with Crippen molar-refractivity contribution in [2.24, 2.45) is 5.73 Å². The molecule has 0 spiro atoms. The third-order valence-corrected chi connectivity index (χ3v) is 4.66. The van der Waals surface area contributed by atoms with Gasteiger partial charge < -0.3 is 10.6 Å². The highest BCUT2D eigenvalue weighted by atomic mass is 35.5. The van der Waals surface area contributed by atoms with Crippen LogP contribution in [0.1, 0.15) is 18.5 Å². The fourth-order valence-corrected chi connectivity index (χ4v) is 3.04. The summed E-state index contributed by atoms with van der Waals surface area (Å²) in [5.74, 6) is 0.594. The zero-order chi connectivity index (χ0) is 18.2. The number of hydrogen-bond acceptors (Lipinski definition) is 4. The second kappa shape index (κ2) is 11.2. The molecule has 1 amide bonds. The first-order valence-electron chi connectivity index (χ1n) is 8.31. The smallest absolute Gasteiger partial charge is 0.239 e. The van der Waals surface area contributed by atoms with Crippen LogP contribution in [0.3, 0.4) is 0 Å². The Morgan fingerprint density at radius 3 is 2.88 bits per heavy atom. The van der Waals surface area contributed by atoms with E-state index in [-0.39, 0.29) is 24.1 Å². The van der Waals surface area contributed by atoms with E-state index in [1.165, 1.54) is 12.1 Å². The Morgan fingerprint density at radius 1 is 1.42 bits per heavy atom. The third kappa shape index (κ3) is 6.63. The average molecular weight is 401 g/mol. The normalized spacial score (nSPS) is 11.7. The van der Waals surface area contributed by atoms with E-state index in [4.69, 9.17) is 5.73 Å². The summed E-state index contributed by atoms with van der Waals surface area (Å²) >= 11 is 1.69. The number of H-pyrrole nitrogens is 1. The van der Waals surface area contributed by atoms with Gasteiger partial charge in [0.2, 0.25) is 5.91 Å². The van der Waals surface area contributed by atoms with Crippen LogP contribution in [0, 0.1) is 5.82 Å². The molecule has 0 saturated heterocycles. The predicted octanol–water partition coefficient (Wildman–Crippen LogP) is 3.11. The van der Waals surface area contributed by atoms with E-state index >= 15 is 0 Å². The number of carbonyl (C=O) groups excluding carboxylic acids is 1. The van der Waals surface area contributed by atoms with E-state index in [1.54, 1.807) is 29.8 Å². The number of nitrogens with zero attached hydrogens (tertiary/aromatic N) is 2. The number of halogens is 2. The first-order chi connectivity index (χ1) is 12.0. The van der Waals surface area contributed by atoms with Crippen LogP contribution >= 0.6 is 24.2 Å². The van der Waals surface area contributed by atoms with Crippen LogP contribution in [0.5, 0.6) is 0 Å². The zero-order valence-electron chi connectivity index (χ0n) is 15.1. The Morgan fingerprint density at radius 2 is 2.19 bits per heavy atom. The van der Waals surface area contributed by atoms with Gasteiger partial charge in [-0.2, -0.15) is 16.9 Å². The lowest BCUT2D eigenvalue weighted by atomic mass is 10.1. The number of nitrogens with one attached hydrogen (secondary N) is 1. The second-order valence-corrected chi connectivity index (χ2v) is 7.03. The molecule has 0 aliphatic heterocycles. The summed E-state index contributed by atoms with van der Waals surface area (Å²) in [6.07, 6.45) is 4.27. The highest BCUT2D eigenvalue weighted by Gasteiger charge is 2.17.